The number of guanidine groups is 1. The van der Waals surface area contributed by atoms with Gasteiger partial charge in [-0.3, -0.25) is 0 Å². The van der Waals surface area contributed by atoms with Gasteiger partial charge in [0.15, 0.2) is 17.5 Å². The zero-order chi connectivity index (χ0) is 16.7. The number of benzene rings is 1. The highest BCUT2D eigenvalue weighted by Gasteiger charge is 2.05. The maximum atomic E-state index is 5.89. The number of methoxy groups -OCH3 is 3. The van der Waals surface area contributed by atoms with Crippen LogP contribution in [0.25, 0.3) is 0 Å². The van der Waals surface area contributed by atoms with Crippen LogP contribution in [0.4, 0.5) is 5.69 Å². The number of nitrogens with one attached hydrogen (secondary N) is 1. The smallest absolute Gasteiger partial charge is 0.212 e. The van der Waals surface area contributed by atoms with Gasteiger partial charge in [-0.25, -0.2) is 9.98 Å². The second-order valence-electron chi connectivity index (χ2n) is 4.61. The van der Waals surface area contributed by atoms with E-state index in [1.165, 1.54) is 0 Å². The van der Waals surface area contributed by atoms with E-state index in [0.717, 1.165) is 11.3 Å². The molecule has 0 spiro atoms. The number of halogens is 1. The number of pyridine rings is 1. The van der Waals surface area contributed by atoms with Crippen LogP contribution in [-0.4, -0.2) is 32.3 Å². The van der Waals surface area contributed by atoms with Crippen LogP contribution in [0.3, 0.4) is 0 Å². The number of hydrogen-bond acceptors (Lipinski definition) is 5. The highest BCUT2D eigenvalue weighted by atomic mass is 127. The van der Waals surface area contributed by atoms with Gasteiger partial charge in [0.25, 0.3) is 0 Å². The van der Waals surface area contributed by atoms with E-state index in [9.17, 15) is 0 Å². The summed E-state index contributed by atoms with van der Waals surface area (Å²) in [6.45, 7) is 0.420. The number of rotatable bonds is 6. The third-order valence-electron chi connectivity index (χ3n) is 3.09. The van der Waals surface area contributed by atoms with Crippen molar-refractivity contribution in [1.82, 2.24) is 4.98 Å². The van der Waals surface area contributed by atoms with Crippen LogP contribution in [0.2, 0.25) is 0 Å². The minimum atomic E-state index is 0. The van der Waals surface area contributed by atoms with Crippen molar-refractivity contribution in [3.05, 3.63) is 42.1 Å². The largest absolute Gasteiger partial charge is 0.493 e. The maximum Gasteiger partial charge on any atom is 0.212 e. The first-order chi connectivity index (χ1) is 11.2. The summed E-state index contributed by atoms with van der Waals surface area (Å²) in [4.78, 5) is 8.39. The lowest BCUT2D eigenvalue weighted by Crippen LogP contribution is -2.22. The van der Waals surface area contributed by atoms with Crippen LogP contribution < -0.4 is 25.3 Å². The van der Waals surface area contributed by atoms with Crippen molar-refractivity contribution in [3.63, 3.8) is 0 Å². The second-order valence-corrected chi connectivity index (χ2v) is 4.61. The zero-order valence-electron chi connectivity index (χ0n) is 13.8. The van der Waals surface area contributed by atoms with Crippen molar-refractivity contribution in [2.45, 2.75) is 6.54 Å². The molecule has 2 rings (SSSR count). The Morgan fingerprint density at radius 2 is 1.83 bits per heavy atom. The van der Waals surface area contributed by atoms with E-state index in [1.54, 1.807) is 45.7 Å². The molecular weight excluding hydrogens is 423 g/mol. The first kappa shape index (κ1) is 19.8. The van der Waals surface area contributed by atoms with Crippen LogP contribution >= 0.6 is 24.0 Å². The average molecular weight is 444 g/mol. The lowest BCUT2D eigenvalue weighted by atomic mass is 10.2. The third kappa shape index (κ3) is 5.44. The molecule has 24 heavy (non-hydrogen) atoms. The molecule has 1 aromatic heterocycles. The Bertz CT molecular complexity index is 678. The van der Waals surface area contributed by atoms with Gasteiger partial charge in [0.05, 0.1) is 27.9 Å². The quantitative estimate of drug-likeness (QED) is 0.405. The lowest BCUT2D eigenvalue weighted by Gasteiger charge is -2.11. The van der Waals surface area contributed by atoms with E-state index in [2.05, 4.69) is 15.3 Å². The number of hydrogen-bond donors (Lipinski definition) is 2. The van der Waals surface area contributed by atoms with Gasteiger partial charge >= 0.3 is 0 Å². The van der Waals surface area contributed by atoms with Crippen molar-refractivity contribution in [2.75, 3.05) is 26.6 Å². The first-order valence-corrected chi connectivity index (χ1v) is 6.94. The van der Waals surface area contributed by atoms with Crippen molar-refractivity contribution < 1.29 is 14.2 Å². The maximum absolute atomic E-state index is 5.89. The van der Waals surface area contributed by atoms with Crippen LogP contribution in [0, 0.1) is 0 Å². The Morgan fingerprint density at radius 3 is 2.42 bits per heavy atom. The van der Waals surface area contributed by atoms with Gasteiger partial charge in [0.1, 0.15) is 0 Å². The molecule has 3 N–H and O–H groups in total. The van der Waals surface area contributed by atoms with Crippen molar-refractivity contribution in [2.24, 2.45) is 10.7 Å². The average Bonchev–Trinajstić information content (AvgIpc) is 2.60. The molecule has 1 aromatic carbocycles. The van der Waals surface area contributed by atoms with E-state index in [0.29, 0.717) is 29.9 Å². The summed E-state index contributed by atoms with van der Waals surface area (Å²) in [5.41, 5.74) is 7.59. The fraction of sp³-hybridized carbons (Fsp3) is 0.250. The predicted octanol–water partition coefficient (Wildman–Crippen LogP) is 2.65. The van der Waals surface area contributed by atoms with E-state index in [1.807, 2.05) is 12.1 Å². The molecule has 0 saturated heterocycles. The zero-order valence-corrected chi connectivity index (χ0v) is 16.1. The summed E-state index contributed by atoms with van der Waals surface area (Å²) in [5, 5.41) is 3.01. The highest BCUT2D eigenvalue weighted by Crippen LogP contribution is 2.29. The number of nitrogens with two attached hydrogens (primary N) is 1. The van der Waals surface area contributed by atoms with Crippen LogP contribution in [0.5, 0.6) is 17.4 Å². The number of aliphatic imine (C=N–C) groups is 1. The normalized spacial score (nSPS) is 10.5. The topological polar surface area (TPSA) is 91.0 Å². The van der Waals surface area contributed by atoms with Crippen LogP contribution in [0.1, 0.15) is 5.56 Å². The second kappa shape index (κ2) is 9.81. The van der Waals surface area contributed by atoms with Crippen molar-refractivity contribution in [1.29, 1.82) is 0 Å². The Balaban J connectivity index is 0.00000288. The fourth-order valence-electron chi connectivity index (χ4n) is 1.90. The van der Waals surface area contributed by atoms with Gasteiger partial charge in [0.2, 0.25) is 5.88 Å². The predicted molar refractivity (Wildman–Crippen MR) is 105 cm³/mol. The van der Waals surface area contributed by atoms with Gasteiger partial charge < -0.3 is 25.3 Å². The van der Waals surface area contributed by atoms with Crippen LogP contribution in [0.15, 0.2) is 41.5 Å². The Labute approximate surface area is 158 Å². The van der Waals surface area contributed by atoms with Crippen LogP contribution in [-0.2, 0) is 6.54 Å². The molecule has 1 heterocycles. The van der Waals surface area contributed by atoms with Gasteiger partial charge in [-0.15, -0.1) is 24.0 Å². The molecule has 130 valence electrons. The molecule has 0 bridgehead atoms. The van der Waals surface area contributed by atoms with E-state index < -0.39 is 0 Å². The first-order valence-electron chi connectivity index (χ1n) is 6.94. The van der Waals surface area contributed by atoms with Gasteiger partial charge in [0, 0.05) is 24.0 Å². The molecular formula is C16H21IN4O3. The summed E-state index contributed by atoms with van der Waals surface area (Å²) in [6.07, 6.45) is 1.70. The fourth-order valence-corrected chi connectivity index (χ4v) is 1.90. The van der Waals surface area contributed by atoms with Gasteiger partial charge in [-0.2, -0.15) is 0 Å². The highest BCUT2D eigenvalue weighted by molar-refractivity contribution is 14.0. The standard InChI is InChI=1S/C16H20N4O3.HI/c1-21-13-6-5-12(8-14(13)22-2)20-16(17)19-10-11-4-7-15(23-3)18-9-11;/h4-9H,10H2,1-3H3,(H3,17,19,20);1H. The summed E-state index contributed by atoms with van der Waals surface area (Å²) >= 11 is 0. The number of ether oxygens (including phenoxy) is 3. The summed E-state index contributed by atoms with van der Waals surface area (Å²) in [5.74, 6) is 2.13. The van der Waals surface area contributed by atoms with E-state index in [4.69, 9.17) is 19.9 Å². The Hall–Kier alpha value is -2.23. The Kier molecular flexibility index (Phi) is 8.10. The van der Waals surface area contributed by atoms with Gasteiger partial charge in [-0.1, -0.05) is 6.07 Å². The van der Waals surface area contributed by atoms with E-state index in [-0.39, 0.29) is 24.0 Å². The molecule has 2 aromatic rings. The monoisotopic (exact) mass is 444 g/mol. The molecule has 0 aliphatic carbocycles. The summed E-state index contributed by atoms with van der Waals surface area (Å²) in [7, 11) is 4.74. The van der Waals surface area contributed by atoms with Gasteiger partial charge in [-0.05, 0) is 17.7 Å². The van der Waals surface area contributed by atoms with Crippen molar-refractivity contribution >= 4 is 35.6 Å². The molecule has 0 radical (unpaired) electrons. The molecule has 8 heteroatoms. The molecule has 0 saturated carbocycles. The summed E-state index contributed by atoms with van der Waals surface area (Å²) < 4.78 is 15.4. The minimum absolute atomic E-state index is 0. The molecule has 0 fully saturated rings. The summed E-state index contributed by atoms with van der Waals surface area (Å²) in [6, 6.07) is 9.08. The molecule has 0 aliphatic rings. The minimum Gasteiger partial charge on any atom is -0.493 e. The third-order valence-corrected chi connectivity index (χ3v) is 3.09. The number of nitrogens with zero attached hydrogens (tertiary/aromatic N) is 2. The molecule has 0 unspecified atom stereocenters. The molecule has 0 aliphatic heterocycles. The SMILES string of the molecule is COc1ccc(CN=C(N)Nc2ccc(OC)c(OC)c2)cn1.I. The number of aromatic nitrogens is 1. The molecule has 0 atom stereocenters. The lowest BCUT2D eigenvalue weighted by molar-refractivity contribution is 0.355. The Morgan fingerprint density at radius 1 is 1.08 bits per heavy atom. The number of anilines is 1. The molecule has 7 nitrogen and oxygen atoms in total. The van der Waals surface area contributed by atoms with Crippen molar-refractivity contribution in [3.8, 4) is 17.4 Å². The molecule has 0 amide bonds. The van der Waals surface area contributed by atoms with E-state index >= 15 is 0 Å².